The van der Waals surface area contributed by atoms with E-state index in [1.807, 2.05) is 6.07 Å². The van der Waals surface area contributed by atoms with E-state index in [0.29, 0.717) is 19.3 Å². The minimum atomic E-state index is -1.19. The summed E-state index contributed by atoms with van der Waals surface area (Å²) in [5.74, 6) is -1.92. The molecule has 0 aromatic heterocycles. The zero-order chi connectivity index (χ0) is 19.2. The van der Waals surface area contributed by atoms with Crippen molar-refractivity contribution in [2.24, 2.45) is 11.7 Å². The van der Waals surface area contributed by atoms with Gasteiger partial charge in [-0.05, 0) is 56.0 Å². The molecule has 26 heavy (non-hydrogen) atoms. The van der Waals surface area contributed by atoms with E-state index in [1.165, 1.54) is 0 Å². The maximum Gasteiger partial charge on any atom is 0.335 e. The summed E-state index contributed by atoms with van der Waals surface area (Å²) in [4.78, 5) is 25.1. The van der Waals surface area contributed by atoms with Crippen LogP contribution in [0.15, 0.2) is 24.3 Å². The van der Waals surface area contributed by atoms with Crippen molar-refractivity contribution in [1.29, 1.82) is 0 Å². The van der Waals surface area contributed by atoms with Gasteiger partial charge in [0.1, 0.15) is 5.54 Å². The molecule has 1 atom stereocenters. The van der Waals surface area contributed by atoms with Gasteiger partial charge in [0.2, 0.25) is 0 Å². The largest absolute Gasteiger partial charge is 0.480 e. The summed E-state index contributed by atoms with van der Waals surface area (Å²) in [5.41, 5.74) is 6.32. The molecule has 1 aromatic carbocycles. The van der Waals surface area contributed by atoms with Gasteiger partial charge in [-0.3, -0.25) is 9.69 Å². The number of nitrogens with two attached hydrogens (primary N) is 1. The third-order valence-corrected chi connectivity index (χ3v) is 5.34. The van der Waals surface area contributed by atoms with E-state index in [1.54, 1.807) is 18.2 Å². The smallest absolute Gasteiger partial charge is 0.335 e. The van der Waals surface area contributed by atoms with Gasteiger partial charge in [-0.2, -0.15) is 0 Å². The van der Waals surface area contributed by atoms with Gasteiger partial charge in [0.15, 0.2) is 0 Å². The Kier molecular flexibility index (Phi) is 7.23. The minimum absolute atomic E-state index is 0.0561. The first-order valence-corrected chi connectivity index (χ1v) is 9.13. The van der Waals surface area contributed by atoms with Crippen molar-refractivity contribution >= 4 is 19.8 Å². The van der Waals surface area contributed by atoms with Crippen molar-refractivity contribution in [3.63, 3.8) is 0 Å². The molecule has 1 aliphatic rings. The van der Waals surface area contributed by atoms with Gasteiger partial charge >= 0.3 is 11.9 Å². The van der Waals surface area contributed by atoms with E-state index in [2.05, 4.69) is 4.90 Å². The average molecular weight is 358 g/mol. The van der Waals surface area contributed by atoms with Crippen molar-refractivity contribution in [1.82, 2.24) is 4.90 Å². The van der Waals surface area contributed by atoms with Gasteiger partial charge in [-0.25, -0.2) is 4.79 Å². The summed E-state index contributed by atoms with van der Waals surface area (Å²) >= 11 is 0. The number of likely N-dealkylation sites (tertiary alicyclic amines) is 1. The molecule has 1 heterocycles. The molecule has 1 aromatic rings. The number of rotatable bonds is 9. The number of aliphatic carboxylic acids is 1. The Morgan fingerprint density at radius 3 is 2.50 bits per heavy atom. The molecule has 1 unspecified atom stereocenters. The van der Waals surface area contributed by atoms with Gasteiger partial charge in [0, 0.05) is 6.54 Å². The fraction of sp³-hybridized carbons (Fsp3) is 0.579. The number of unbranched alkanes of at least 4 members (excludes halogenated alkanes) is 1. The molecule has 0 spiro atoms. The molecule has 0 amide bonds. The summed E-state index contributed by atoms with van der Waals surface area (Å²) in [6, 6.07) is 6.93. The summed E-state index contributed by atoms with van der Waals surface area (Å²) in [6.07, 6.45) is 3.95. The summed E-state index contributed by atoms with van der Waals surface area (Å²) in [7, 11) is 5.50. The number of carboxylic acids is 2. The van der Waals surface area contributed by atoms with E-state index in [4.69, 9.17) is 18.7 Å². The highest BCUT2D eigenvalue weighted by Crippen LogP contribution is 2.31. The maximum absolute atomic E-state index is 11.8. The number of hydrogen-bond donors (Lipinski definition) is 3. The van der Waals surface area contributed by atoms with Crippen LogP contribution in [0.1, 0.15) is 48.0 Å². The lowest BCUT2D eigenvalue weighted by atomic mass is 9.75. The summed E-state index contributed by atoms with van der Waals surface area (Å²) in [6.45, 7) is 2.17. The van der Waals surface area contributed by atoms with Crippen molar-refractivity contribution in [2.45, 2.75) is 50.5 Å². The molecule has 2 rings (SSSR count). The van der Waals surface area contributed by atoms with Crippen LogP contribution < -0.4 is 5.73 Å². The molecule has 4 N–H and O–H groups in total. The van der Waals surface area contributed by atoms with Crippen molar-refractivity contribution < 1.29 is 19.8 Å². The first-order chi connectivity index (χ1) is 12.4. The van der Waals surface area contributed by atoms with Gasteiger partial charge in [-0.1, -0.05) is 31.3 Å². The van der Waals surface area contributed by atoms with Crippen LogP contribution in [0.4, 0.5) is 0 Å². The number of carboxylic acid groups (broad SMARTS) is 2. The monoisotopic (exact) mass is 358 g/mol. The van der Waals surface area contributed by atoms with Crippen molar-refractivity contribution in [3.05, 3.63) is 35.4 Å². The zero-order valence-electron chi connectivity index (χ0n) is 15.1. The molecular formula is C19H27BN2O4. The van der Waals surface area contributed by atoms with E-state index >= 15 is 0 Å². The van der Waals surface area contributed by atoms with Crippen LogP contribution >= 0.6 is 0 Å². The van der Waals surface area contributed by atoms with E-state index in [0.717, 1.165) is 44.3 Å². The fourth-order valence-corrected chi connectivity index (χ4v) is 3.71. The topological polar surface area (TPSA) is 104 Å². The van der Waals surface area contributed by atoms with Crippen LogP contribution in [0.3, 0.4) is 0 Å². The van der Waals surface area contributed by atoms with Crippen LogP contribution in [-0.2, 0) is 11.3 Å². The summed E-state index contributed by atoms with van der Waals surface area (Å²) < 4.78 is 0. The number of piperidine rings is 1. The highest BCUT2D eigenvalue weighted by Gasteiger charge is 2.42. The van der Waals surface area contributed by atoms with Gasteiger partial charge in [0.25, 0.3) is 0 Å². The van der Waals surface area contributed by atoms with Gasteiger partial charge in [0.05, 0.1) is 13.4 Å². The molecule has 140 valence electrons. The van der Waals surface area contributed by atoms with E-state index < -0.39 is 17.5 Å². The lowest BCUT2D eigenvalue weighted by molar-refractivity contribution is -0.147. The molecule has 2 radical (unpaired) electrons. The molecule has 0 saturated carbocycles. The second kappa shape index (κ2) is 9.19. The van der Waals surface area contributed by atoms with Crippen LogP contribution in [-0.4, -0.2) is 53.5 Å². The Morgan fingerprint density at radius 1 is 1.23 bits per heavy atom. The lowest BCUT2D eigenvalue weighted by Crippen LogP contribution is -2.56. The van der Waals surface area contributed by atoms with Gasteiger partial charge in [-0.15, -0.1) is 0 Å². The third-order valence-electron chi connectivity index (χ3n) is 5.34. The highest BCUT2D eigenvalue weighted by atomic mass is 16.4. The lowest BCUT2D eigenvalue weighted by Gasteiger charge is -2.40. The number of benzene rings is 1. The third kappa shape index (κ3) is 5.08. The number of carbonyl (C=O) groups is 2. The van der Waals surface area contributed by atoms with Crippen molar-refractivity contribution in [2.75, 3.05) is 13.1 Å². The predicted molar refractivity (Wildman–Crippen MR) is 100 cm³/mol. The quantitative estimate of drug-likeness (QED) is 0.462. The van der Waals surface area contributed by atoms with Crippen molar-refractivity contribution in [3.8, 4) is 0 Å². The Hall–Kier alpha value is -1.86. The maximum atomic E-state index is 11.8. The number of aromatic carboxylic acids is 1. The molecule has 7 heteroatoms. The molecule has 6 nitrogen and oxygen atoms in total. The fourth-order valence-electron chi connectivity index (χ4n) is 3.71. The predicted octanol–water partition coefficient (Wildman–Crippen LogP) is 2.14. The van der Waals surface area contributed by atoms with E-state index in [-0.39, 0.29) is 11.5 Å². The Morgan fingerprint density at radius 2 is 1.92 bits per heavy atom. The Labute approximate surface area is 155 Å². The first kappa shape index (κ1) is 20.5. The normalized spacial score (nSPS) is 18.3. The minimum Gasteiger partial charge on any atom is -0.480 e. The van der Waals surface area contributed by atoms with E-state index in [9.17, 15) is 14.7 Å². The molecule has 0 bridgehead atoms. The number of nitrogens with zero attached hydrogens (tertiary/aromatic N) is 1. The van der Waals surface area contributed by atoms with Crippen LogP contribution in [0.5, 0.6) is 0 Å². The second-order valence-electron chi connectivity index (χ2n) is 7.15. The zero-order valence-corrected chi connectivity index (χ0v) is 15.1. The highest BCUT2D eigenvalue weighted by molar-refractivity contribution is 6.08. The molecule has 0 aliphatic carbocycles. The number of hydrogen-bond acceptors (Lipinski definition) is 4. The SMILES string of the molecule is [B]CCCCC(N)(C(=O)O)C1CCN(Cc2cccc(C(=O)O)c2)CC1. The molecular weight excluding hydrogens is 331 g/mol. The average Bonchev–Trinajstić information content (AvgIpc) is 2.62. The molecule has 1 aliphatic heterocycles. The standard InChI is InChI=1S/C19H27BN2O4/c20-9-2-1-8-19(21,18(25)26)16-6-10-22(11-7-16)13-14-4-3-5-15(12-14)17(23)24/h3-5,12,16H,1-2,6-11,13,21H2,(H,23,24)(H,25,26). The first-order valence-electron chi connectivity index (χ1n) is 9.13. The van der Waals surface area contributed by atoms with Gasteiger partial charge < -0.3 is 15.9 Å². The van der Waals surface area contributed by atoms with Crippen LogP contribution in [0.2, 0.25) is 6.32 Å². The van der Waals surface area contributed by atoms with Crippen LogP contribution in [0, 0.1) is 5.92 Å². The Bertz CT molecular complexity index is 632. The Balaban J connectivity index is 1.94. The molecule has 1 saturated heterocycles. The van der Waals surface area contributed by atoms with Crippen LogP contribution in [0.25, 0.3) is 0 Å². The molecule has 1 fully saturated rings. The summed E-state index contributed by atoms with van der Waals surface area (Å²) in [5, 5.41) is 18.7. The second-order valence-corrected chi connectivity index (χ2v) is 7.15.